The van der Waals surface area contributed by atoms with E-state index in [1.807, 2.05) is 38.1 Å². The Morgan fingerprint density at radius 1 is 1.04 bits per heavy atom. The highest BCUT2D eigenvalue weighted by Gasteiger charge is 2.13. The molecule has 3 aromatic carbocycles. The molecule has 4 rings (SSSR count). The monoisotopic (exact) mass is 392 g/mol. The summed E-state index contributed by atoms with van der Waals surface area (Å²) in [5.74, 6) is 0.451. The van der Waals surface area contributed by atoms with E-state index in [-0.39, 0.29) is 11.5 Å². The van der Waals surface area contributed by atoms with Crippen molar-refractivity contribution >= 4 is 34.6 Å². The van der Waals surface area contributed by atoms with E-state index in [1.165, 1.54) is 12.3 Å². The summed E-state index contributed by atoms with van der Waals surface area (Å²) in [7, 11) is 0. The molecule has 1 heterocycles. The molecule has 0 saturated heterocycles. The smallest absolute Gasteiger partial charge is 0.231 e. The number of hydrogen-bond acceptors (Lipinski definition) is 5. The number of phenols is 2. The lowest BCUT2D eigenvalue weighted by Gasteiger charge is -2.08. The molecule has 0 atom stereocenters. The van der Waals surface area contributed by atoms with Gasteiger partial charge in [-0.15, -0.1) is 0 Å². The number of aromatic nitrogens is 1. The molecule has 0 aliphatic rings. The van der Waals surface area contributed by atoms with Crippen LogP contribution in [0.1, 0.15) is 16.7 Å². The fourth-order valence-electron chi connectivity index (χ4n) is 3.02. The summed E-state index contributed by atoms with van der Waals surface area (Å²) in [6.07, 6.45) is 1.53. The van der Waals surface area contributed by atoms with Crippen LogP contribution in [0.3, 0.4) is 0 Å². The maximum atomic E-state index is 10.4. The minimum Gasteiger partial charge on any atom is -0.507 e. The Bertz CT molecular complexity index is 1200. The Morgan fingerprint density at radius 3 is 2.57 bits per heavy atom. The predicted octanol–water partition coefficient (Wildman–Crippen LogP) is 5.93. The van der Waals surface area contributed by atoms with Crippen LogP contribution in [-0.4, -0.2) is 21.4 Å². The molecule has 140 valence electrons. The van der Waals surface area contributed by atoms with Gasteiger partial charge in [0.25, 0.3) is 0 Å². The molecule has 0 bridgehead atoms. The average Bonchev–Trinajstić information content (AvgIpc) is 3.10. The van der Waals surface area contributed by atoms with Crippen LogP contribution in [0.15, 0.2) is 57.9 Å². The third-order valence-corrected chi connectivity index (χ3v) is 5.14. The van der Waals surface area contributed by atoms with E-state index in [9.17, 15) is 10.2 Å². The van der Waals surface area contributed by atoms with Crippen molar-refractivity contribution in [3.05, 3.63) is 70.2 Å². The van der Waals surface area contributed by atoms with E-state index in [0.717, 1.165) is 16.6 Å². The van der Waals surface area contributed by atoms with Crippen LogP contribution >= 0.6 is 11.6 Å². The minimum absolute atomic E-state index is 0.00379. The van der Waals surface area contributed by atoms with Gasteiger partial charge in [0.2, 0.25) is 5.89 Å². The Balaban J connectivity index is 1.67. The van der Waals surface area contributed by atoms with Crippen molar-refractivity contribution < 1.29 is 14.6 Å². The number of aromatic hydroxyl groups is 2. The van der Waals surface area contributed by atoms with E-state index in [0.29, 0.717) is 33.3 Å². The van der Waals surface area contributed by atoms with Gasteiger partial charge >= 0.3 is 0 Å². The third-order valence-electron chi connectivity index (χ3n) is 4.56. The molecule has 1 aromatic heterocycles. The fourth-order valence-corrected chi connectivity index (χ4v) is 3.18. The second kappa shape index (κ2) is 7.02. The molecular weight excluding hydrogens is 376 g/mol. The topological polar surface area (TPSA) is 78.9 Å². The second-order valence-electron chi connectivity index (χ2n) is 6.51. The molecule has 0 fully saturated rings. The lowest BCUT2D eigenvalue weighted by Crippen LogP contribution is -1.92. The van der Waals surface area contributed by atoms with E-state index in [1.54, 1.807) is 18.2 Å². The normalized spacial score (nSPS) is 11.5. The number of para-hydroxylation sites is 2. The van der Waals surface area contributed by atoms with Crippen LogP contribution in [0.4, 0.5) is 5.69 Å². The Hall–Kier alpha value is -3.31. The third kappa shape index (κ3) is 3.21. The molecule has 0 spiro atoms. The van der Waals surface area contributed by atoms with Crippen molar-refractivity contribution in [1.82, 2.24) is 4.98 Å². The van der Waals surface area contributed by atoms with Gasteiger partial charge in [0.15, 0.2) is 5.58 Å². The maximum Gasteiger partial charge on any atom is 0.231 e. The first kappa shape index (κ1) is 18.1. The first-order valence-corrected chi connectivity index (χ1v) is 9.03. The van der Waals surface area contributed by atoms with E-state index in [2.05, 4.69) is 9.98 Å². The Labute approximate surface area is 166 Å². The summed E-state index contributed by atoms with van der Waals surface area (Å²) >= 11 is 6.25. The van der Waals surface area contributed by atoms with Gasteiger partial charge in [0, 0.05) is 22.9 Å². The largest absolute Gasteiger partial charge is 0.507 e. The van der Waals surface area contributed by atoms with Crippen LogP contribution in [0.2, 0.25) is 5.02 Å². The first-order chi connectivity index (χ1) is 13.4. The van der Waals surface area contributed by atoms with Gasteiger partial charge in [-0.1, -0.05) is 23.7 Å². The average molecular weight is 393 g/mol. The standard InChI is InChI=1S/C22H17ClN2O3/c1-12-9-18(26)16(13(2)21(12)23)11-24-14-7-8-15(19(27)10-14)22-25-17-5-3-4-6-20(17)28-22/h3-11,26-27H,1-2H3. The van der Waals surface area contributed by atoms with Gasteiger partial charge in [0.1, 0.15) is 17.0 Å². The number of fused-ring (bicyclic) bond motifs is 1. The summed E-state index contributed by atoms with van der Waals surface area (Å²) < 4.78 is 5.70. The summed E-state index contributed by atoms with van der Waals surface area (Å²) in [6.45, 7) is 3.66. The number of aryl methyl sites for hydroxylation is 1. The number of benzene rings is 3. The number of aliphatic imine (C=N–C) groups is 1. The SMILES string of the molecule is Cc1cc(O)c(C=Nc2ccc(-c3nc4ccccc4o3)c(O)c2)c(C)c1Cl. The molecule has 0 aliphatic carbocycles. The zero-order valence-corrected chi connectivity index (χ0v) is 16.0. The Morgan fingerprint density at radius 2 is 1.82 bits per heavy atom. The number of halogens is 1. The van der Waals surface area contributed by atoms with Crippen LogP contribution in [0.25, 0.3) is 22.6 Å². The molecule has 0 radical (unpaired) electrons. The summed E-state index contributed by atoms with van der Waals surface area (Å²) in [5.41, 5.74) is 4.46. The molecular formula is C22H17ClN2O3. The summed E-state index contributed by atoms with van der Waals surface area (Å²) in [6, 6.07) is 14.0. The van der Waals surface area contributed by atoms with Crippen LogP contribution < -0.4 is 0 Å². The number of rotatable bonds is 3. The molecule has 0 aliphatic heterocycles. The molecule has 4 aromatic rings. The van der Waals surface area contributed by atoms with Gasteiger partial charge in [-0.05, 0) is 55.3 Å². The molecule has 0 saturated carbocycles. The molecule has 0 unspecified atom stereocenters. The van der Waals surface area contributed by atoms with Gasteiger partial charge in [-0.3, -0.25) is 4.99 Å². The van der Waals surface area contributed by atoms with Crippen molar-refractivity contribution in [1.29, 1.82) is 0 Å². The molecule has 28 heavy (non-hydrogen) atoms. The minimum atomic E-state index is 0.00379. The molecule has 6 heteroatoms. The van der Waals surface area contributed by atoms with Crippen LogP contribution in [-0.2, 0) is 0 Å². The van der Waals surface area contributed by atoms with Crippen molar-refractivity contribution in [3.8, 4) is 23.0 Å². The zero-order valence-electron chi connectivity index (χ0n) is 15.3. The lowest BCUT2D eigenvalue weighted by molar-refractivity contribution is 0.473. The first-order valence-electron chi connectivity index (χ1n) is 8.65. The van der Waals surface area contributed by atoms with Crippen molar-refractivity contribution in [2.45, 2.75) is 13.8 Å². The van der Waals surface area contributed by atoms with Crippen molar-refractivity contribution in [2.24, 2.45) is 4.99 Å². The quantitative estimate of drug-likeness (QED) is 0.424. The zero-order chi connectivity index (χ0) is 19.8. The van der Waals surface area contributed by atoms with E-state index >= 15 is 0 Å². The second-order valence-corrected chi connectivity index (χ2v) is 6.89. The predicted molar refractivity (Wildman–Crippen MR) is 111 cm³/mol. The number of nitrogens with zero attached hydrogens (tertiary/aromatic N) is 2. The molecule has 5 nitrogen and oxygen atoms in total. The Kier molecular flexibility index (Phi) is 4.53. The molecule has 0 amide bonds. The number of oxazole rings is 1. The highest BCUT2D eigenvalue weighted by atomic mass is 35.5. The van der Waals surface area contributed by atoms with Crippen LogP contribution in [0, 0.1) is 13.8 Å². The van der Waals surface area contributed by atoms with Crippen LogP contribution in [0.5, 0.6) is 11.5 Å². The molecule has 2 N–H and O–H groups in total. The van der Waals surface area contributed by atoms with Crippen molar-refractivity contribution in [2.75, 3.05) is 0 Å². The van der Waals surface area contributed by atoms with Gasteiger partial charge in [0.05, 0.1) is 11.3 Å². The lowest BCUT2D eigenvalue weighted by atomic mass is 10.0. The fraction of sp³-hybridized carbons (Fsp3) is 0.0909. The number of phenolic OH excluding ortho intramolecular Hbond substituents is 2. The van der Waals surface area contributed by atoms with E-state index < -0.39 is 0 Å². The van der Waals surface area contributed by atoms with Gasteiger partial charge in [-0.2, -0.15) is 0 Å². The van der Waals surface area contributed by atoms with E-state index in [4.69, 9.17) is 16.0 Å². The number of hydrogen-bond donors (Lipinski definition) is 2. The van der Waals surface area contributed by atoms with Gasteiger partial charge in [-0.25, -0.2) is 4.98 Å². The van der Waals surface area contributed by atoms with Crippen molar-refractivity contribution in [3.63, 3.8) is 0 Å². The summed E-state index contributed by atoms with van der Waals surface area (Å²) in [5, 5.41) is 21.2. The van der Waals surface area contributed by atoms with Gasteiger partial charge < -0.3 is 14.6 Å². The highest BCUT2D eigenvalue weighted by Crippen LogP contribution is 2.34. The highest BCUT2D eigenvalue weighted by molar-refractivity contribution is 6.32. The maximum absolute atomic E-state index is 10.4. The summed E-state index contributed by atoms with van der Waals surface area (Å²) in [4.78, 5) is 8.75.